The summed E-state index contributed by atoms with van der Waals surface area (Å²) >= 11 is 0. The number of allylic oxidation sites excluding steroid dienone is 1. The highest BCUT2D eigenvalue weighted by Crippen LogP contribution is 2.40. The van der Waals surface area contributed by atoms with Gasteiger partial charge in [0, 0.05) is 44.8 Å². The molecule has 7 heteroatoms. The zero-order chi connectivity index (χ0) is 21.8. The Morgan fingerprint density at radius 3 is 2.58 bits per heavy atom. The molecule has 0 atom stereocenters. The molecule has 0 aromatic heterocycles. The Kier molecular flexibility index (Phi) is 6.56. The van der Waals surface area contributed by atoms with Crippen LogP contribution in [0.5, 0.6) is 17.2 Å². The third kappa shape index (κ3) is 4.58. The number of aliphatic hydroxyl groups excluding tert-OH is 1. The predicted molar refractivity (Wildman–Crippen MR) is 117 cm³/mol. The number of phenolic OH excluding ortho intramolecular Hbond substituents is 1. The average Bonchev–Trinajstić information content (AvgIpc) is 3.09. The number of para-hydroxylation sites is 1. The van der Waals surface area contributed by atoms with E-state index < -0.39 is 0 Å². The van der Waals surface area contributed by atoms with Crippen molar-refractivity contribution in [1.29, 1.82) is 0 Å². The van der Waals surface area contributed by atoms with E-state index in [-0.39, 0.29) is 23.9 Å². The normalized spacial score (nSPS) is 18.3. The minimum atomic E-state index is -0.199. The number of β-amino-alcohol motifs (C(OH)–C–C–N with tert-alkyl or cyclic N) is 1. The molecule has 2 aromatic carbocycles. The van der Waals surface area contributed by atoms with E-state index in [0.717, 1.165) is 31.7 Å². The molecule has 2 aromatic rings. The molecule has 1 fully saturated rings. The van der Waals surface area contributed by atoms with Gasteiger partial charge in [0.05, 0.1) is 24.3 Å². The van der Waals surface area contributed by atoms with E-state index in [9.17, 15) is 9.90 Å². The number of piperazine rings is 1. The lowest BCUT2D eigenvalue weighted by Gasteiger charge is -2.34. The summed E-state index contributed by atoms with van der Waals surface area (Å²) in [5.74, 6) is 1.27. The van der Waals surface area contributed by atoms with Gasteiger partial charge in [0.1, 0.15) is 17.2 Å². The van der Waals surface area contributed by atoms with Crippen LogP contribution in [0.15, 0.2) is 42.2 Å². The van der Waals surface area contributed by atoms with Crippen LogP contribution >= 0.6 is 0 Å². The van der Waals surface area contributed by atoms with E-state index in [4.69, 9.17) is 14.6 Å². The van der Waals surface area contributed by atoms with Gasteiger partial charge in [-0.25, -0.2) is 0 Å². The molecule has 2 heterocycles. The van der Waals surface area contributed by atoms with Crippen molar-refractivity contribution in [1.82, 2.24) is 9.80 Å². The molecule has 0 spiro atoms. The lowest BCUT2D eigenvalue weighted by Crippen LogP contribution is -2.46. The summed E-state index contributed by atoms with van der Waals surface area (Å²) in [5, 5.41) is 19.6. The van der Waals surface area contributed by atoms with Crippen molar-refractivity contribution in [3.05, 3.63) is 58.8 Å². The Balaban J connectivity index is 1.56. The summed E-state index contributed by atoms with van der Waals surface area (Å²) in [4.78, 5) is 17.4. The Labute approximate surface area is 182 Å². The second-order valence-electron chi connectivity index (χ2n) is 7.69. The van der Waals surface area contributed by atoms with Crippen molar-refractivity contribution < 1.29 is 24.5 Å². The van der Waals surface area contributed by atoms with Crippen LogP contribution in [0, 0.1) is 0 Å². The maximum Gasteiger partial charge on any atom is 0.231 e. The summed E-state index contributed by atoms with van der Waals surface area (Å²) in [6.07, 6.45) is 1.70. The van der Waals surface area contributed by atoms with Gasteiger partial charge in [-0.05, 0) is 31.2 Å². The van der Waals surface area contributed by atoms with Crippen LogP contribution in [0.3, 0.4) is 0 Å². The highest BCUT2D eigenvalue weighted by Gasteiger charge is 2.32. The summed E-state index contributed by atoms with van der Waals surface area (Å²) < 4.78 is 11.6. The molecule has 164 valence electrons. The lowest BCUT2D eigenvalue weighted by atomic mass is 10.0. The number of benzene rings is 2. The fraction of sp³-hybridized carbons (Fsp3) is 0.375. The fourth-order valence-electron chi connectivity index (χ4n) is 4.01. The molecule has 2 aliphatic heterocycles. The monoisotopic (exact) mass is 424 g/mol. The smallest absolute Gasteiger partial charge is 0.231 e. The van der Waals surface area contributed by atoms with Crippen molar-refractivity contribution in [2.24, 2.45) is 0 Å². The number of aliphatic hydroxyl groups is 1. The van der Waals surface area contributed by atoms with Crippen LogP contribution in [0.2, 0.25) is 0 Å². The number of carbonyl (C=O) groups is 1. The van der Waals surface area contributed by atoms with E-state index in [2.05, 4.69) is 9.80 Å². The number of hydrogen-bond acceptors (Lipinski definition) is 7. The third-order valence-electron chi connectivity index (χ3n) is 5.68. The molecule has 2 N–H and O–H groups in total. The van der Waals surface area contributed by atoms with E-state index in [0.29, 0.717) is 42.3 Å². The molecule has 7 nitrogen and oxygen atoms in total. The van der Waals surface area contributed by atoms with Gasteiger partial charge in [-0.1, -0.05) is 18.2 Å². The van der Waals surface area contributed by atoms with Gasteiger partial charge in [-0.15, -0.1) is 0 Å². The molecule has 4 rings (SSSR count). The number of ether oxygens (including phenoxy) is 2. The predicted octanol–water partition coefficient (Wildman–Crippen LogP) is 2.52. The minimum absolute atomic E-state index is 0.125. The lowest BCUT2D eigenvalue weighted by molar-refractivity contribution is 0.101. The summed E-state index contributed by atoms with van der Waals surface area (Å²) in [6.45, 7) is 7.12. The third-order valence-corrected chi connectivity index (χ3v) is 5.68. The van der Waals surface area contributed by atoms with Crippen LogP contribution in [0.4, 0.5) is 0 Å². The van der Waals surface area contributed by atoms with Gasteiger partial charge >= 0.3 is 0 Å². The van der Waals surface area contributed by atoms with Gasteiger partial charge in [-0.3, -0.25) is 14.6 Å². The van der Waals surface area contributed by atoms with Gasteiger partial charge in [0.15, 0.2) is 5.76 Å². The first-order chi connectivity index (χ1) is 15.1. The number of rotatable bonds is 7. The van der Waals surface area contributed by atoms with E-state index in [1.54, 1.807) is 18.2 Å². The molecular formula is C24H28N2O5. The first kappa shape index (κ1) is 21.4. The summed E-state index contributed by atoms with van der Waals surface area (Å²) in [6, 6.07) is 10.7. The second-order valence-corrected chi connectivity index (χ2v) is 7.69. The van der Waals surface area contributed by atoms with Crippen LogP contribution in [-0.4, -0.2) is 71.7 Å². The number of phenols is 1. The molecule has 0 aliphatic carbocycles. The van der Waals surface area contributed by atoms with Crippen molar-refractivity contribution >= 4 is 11.9 Å². The van der Waals surface area contributed by atoms with Gasteiger partial charge in [-0.2, -0.15) is 0 Å². The molecule has 0 radical (unpaired) electrons. The zero-order valence-corrected chi connectivity index (χ0v) is 17.7. The molecule has 1 saturated heterocycles. The van der Waals surface area contributed by atoms with Crippen molar-refractivity contribution in [3.63, 3.8) is 0 Å². The second kappa shape index (κ2) is 9.51. The van der Waals surface area contributed by atoms with Gasteiger partial charge in [0.25, 0.3) is 0 Å². The van der Waals surface area contributed by atoms with E-state index in [1.807, 2.05) is 31.2 Å². The highest BCUT2D eigenvalue weighted by molar-refractivity contribution is 6.15. The van der Waals surface area contributed by atoms with Crippen LogP contribution in [-0.2, 0) is 6.54 Å². The van der Waals surface area contributed by atoms with Crippen LogP contribution in [0.1, 0.15) is 28.4 Å². The van der Waals surface area contributed by atoms with Crippen molar-refractivity contribution in [3.8, 4) is 17.2 Å². The molecule has 0 unspecified atom stereocenters. The SMILES string of the molecule is CCOc1ccccc1C=C1Oc2c(ccc(O)c2CN2CCN(CCO)CC2)C1=O. The summed E-state index contributed by atoms with van der Waals surface area (Å²) in [5.41, 5.74) is 1.86. The number of aromatic hydroxyl groups is 1. The Morgan fingerprint density at radius 1 is 1.10 bits per heavy atom. The zero-order valence-electron chi connectivity index (χ0n) is 17.7. The topological polar surface area (TPSA) is 82.5 Å². The number of Topliss-reactive ketones (excluding diaryl/α,β-unsaturated/α-hetero) is 1. The first-order valence-corrected chi connectivity index (χ1v) is 10.7. The molecule has 0 amide bonds. The number of hydrogen-bond donors (Lipinski definition) is 2. The van der Waals surface area contributed by atoms with Crippen LogP contribution in [0.25, 0.3) is 6.08 Å². The van der Waals surface area contributed by atoms with Crippen LogP contribution < -0.4 is 9.47 Å². The molecule has 0 saturated carbocycles. The Hall–Kier alpha value is -2.87. The van der Waals surface area contributed by atoms with Gasteiger partial charge < -0.3 is 19.7 Å². The largest absolute Gasteiger partial charge is 0.507 e. The number of carbonyl (C=O) groups excluding carboxylic acids is 1. The first-order valence-electron chi connectivity index (χ1n) is 10.7. The Bertz CT molecular complexity index is 980. The Morgan fingerprint density at radius 2 is 1.84 bits per heavy atom. The highest BCUT2D eigenvalue weighted by atomic mass is 16.5. The fourth-order valence-corrected chi connectivity index (χ4v) is 4.01. The quantitative estimate of drug-likeness (QED) is 0.661. The minimum Gasteiger partial charge on any atom is -0.507 e. The van der Waals surface area contributed by atoms with Crippen molar-refractivity contribution in [2.45, 2.75) is 13.5 Å². The van der Waals surface area contributed by atoms with E-state index in [1.165, 1.54) is 0 Å². The van der Waals surface area contributed by atoms with E-state index >= 15 is 0 Å². The molecular weight excluding hydrogens is 396 g/mol. The van der Waals surface area contributed by atoms with Crippen molar-refractivity contribution in [2.75, 3.05) is 45.9 Å². The molecule has 31 heavy (non-hydrogen) atoms. The maximum atomic E-state index is 13.0. The van der Waals surface area contributed by atoms with Gasteiger partial charge in [0.2, 0.25) is 5.78 Å². The maximum absolute atomic E-state index is 13.0. The standard InChI is InChI=1S/C24H28N2O5/c1-2-30-21-6-4-3-5-17(21)15-22-23(29)18-7-8-20(28)19(24(18)31-22)16-26-11-9-25(10-12-26)13-14-27/h3-8,15,27-28H,2,9-14,16H2,1H3. The average molecular weight is 424 g/mol. The molecule has 2 aliphatic rings. The summed E-state index contributed by atoms with van der Waals surface area (Å²) in [7, 11) is 0. The molecule has 0 bridgehead atoms. The number of ketones is 1. The number of nitrogens with zero attached hydrogens (tertiary/aromatic N) is 2. The number of fused-ring (bicyclic) bond motifs is 1.